The van der Waals surface area contributed by atoms with Gasteiger partial charge in [0, 0.05) is 19.2 Å². The summed E-state index contributed by atoms with van der Waals surface area (Å²) < 4.78 is 5.27. The average molecular weight is 183 g/mol. The maximum Gasteiger partial charge on any atom is 0.0601 e. The zero-order chi connectivity index (χ0) is 9.26. The number of methoxy groups -OCH3 is 1. The van der Waals surface area contributed by atoms with Gasteiger partial charge in [0.15, 0.2) is 0 Å². The van der Waals surface area contributed by atoms with Crippen LogP contribution in [-0.4, -0.2) is 25.3 Å². The number of hydrogen-bond donors (Lipinski definition) is 1. The molecule has 13 heavy (non-hydrogen) atoms. The lowest BCUT2D eigenvalue weighted by Crippen LogP contribution is -2.49. The van der Waals surface area contributed by atoms with Crippen LogP contribution < -0.4 is 5.32 Å². The number of nitrogens with one attached hydrogen (secondary N) is 1. The summed E-state index contributed by atoms with van der Waals surface area (Å²) in [7, 11) is 1.82. The van der Waals surface area contributed by atoms with Gasteiger partial charge in [-0.15, -0.1) is 0 Å². The molecule has 76 valence electrons. The SMILES string of the molecule is COC1CC(NC2CCCC2C)C1. The fourth-order valence-electron chi connectivity index (χ4n) is 2.59. The second-order valence-corrected chi connectivity index (χ2v) is 4.71. The van der Waals surface area contributed by atoms with Crippen molar-refractivity contribution in [3.05, 3.63) is 0 Å². The van der Waals surface area contributed by atoms with Gasteiger partial charge in [-0.2, -0.15) is 0 Å². The zero-order valence-electron chi connectivity index (χ0n) is 8.75. The maximum atomic E-state index is 5.27. The van der Waals surface area contributed by atoms with Gasteiger partial charge in [-0.05, 0) is 31.6 Å². The highest BCUT2D eigenvalue weighted by molar-refractivity contribution is 4.91. The summed E-state index contributed by atoms with van der Waals surface area (Å²) in [6.07, 6.45) is 7.20. The quantitative estimate of drug-likeness (QED) is 0.722. The molecule has 2 rings (SSSR count). The Hall–Kier alpha value is -0.0800. The van der Waals surface area contributed by atoms with Crippen LogP contribution in [0, 0.1) is 5.92 Å². The molecule has 0 aromatic rings. The molecule has 2 aliphatic rings. The largest absolute Gasteiger partial charge is 0.381 e. The summed E-state index contributed by atoms with van der Waals surface area (Å²) in [4.78, 5) is 0. The van der Waals surface area contributed by atoms with E-state index in [1.807, 2.05) is 7.11 Å². The molecule has 1 N–H and O–H groups in total. The van der Waals surface area contributed by atoms with E-state index in [1.54, 1.807) is 0 Å². The van der Waals surface area contributed by atoms with Crippen molar-refractivity contribution < 1.29 is 4.74 Å². The molecule has 0 aromatic heterocycles. The maximum absolute atomic E-state index is 5.27. The minimum absolute atomic E-state index is 0.536. The predicted molar refractivity (Wildman–Crippen MR) is 53.8 cm³/mol. The van der Waals surface area contributed by atoms with Gasteiger partial charge in [-0.3, -0.25) is 0 Å². The van der Waals surface area contributed by atoms with E-state index < -0.39 is 0 Å². The van der Waals surface area contributed by atoms with E-state index in [0.29, 0.717) is 6.10 Å². The first-order chi connectivity index (χ1) is 6.29. The lowest BCUT2D eigenvalue weighted by atomic mass is 9.88. The minimum atomic E-state index is 0.536. The Morgan fingerprint density at radius 2 is 2.00 bits per heavy atom. The van der Waals surface area contributed by atoms with E-state index in [0.717, 1.165) is 18.0 Å². The van der Waals surface area contributed by atoms with Gasteiger partial charge in [-0.25, -0.2) is 0 Å². The molecular formula is C11H21NO. The van der Waals surface area contributed by atoms with E-state index in [2.05, 4.69) is 12.2 Å². The first-order valence-electron chi connectivity index (χ1n) is 5.58. The molecule has 0 saturated heterocycles. The molecule has 0 radical (unpaired) electrons. The van der Waals surface area contributed by atoms with Gasteiger partial charge in [0.05, 0.1) is 6.10 Å². The van der Waals surface area contributed by atoms with Crippen LogP contribution in [0.1, 0.15) is 39.0 Å². The molecule has 2 heteroatoms. The lowest BCUT2D eigenvalue weighted by Gasteiger charge is -2.37. The van der Waals surface area contributed by atoms with E-state index in [4.69, 9.17) is 4.74 Å². The standard InChI is InChI=1S/C11H21NO/c1-8-4-3-5-11(8)12-9-6-10(7-9)13-2/h8-12H,3-7H2,1-2H3. The Morgan fingerprint density at radius 1 is 1.23 bits per heavy atom. The Labute approximate surface area is 81.0 Å². The number of ether oxygens (including phenoxy) is 1. The third-order valence-electron chi connectivity index (χ3n) is 3.74. The van der Waals surface area contributed by atoms with Crippen LogP contribution in [0.15, 0.2) is 0 Å². The van der Waals surface area contributed by atoms with E-state index in [-0.39, 0.29) is 0 Å². The molecule has 2 aliphatic carbocycles. The van der Waals surface area contributed by atoms with Crippen molar-refractivity contribution in [2.75, 3.05) is 7.11 Å². The second kappa shape index (κ2) is 3.97. The number of hydrogen-bond acceptors (Lipinski definition) is 2. The fourth-order valence-corrected chi connectivity index (χ4v) is 2.59. The third kappa shape index (κ3) is 2.05. The van der Waals surface area contributed by atoms with Crippen molar-refractivity contribution in [3.63, 3.8) is 0 Å². The van der Waals surface area contributed by atoms with E-state index in [9.17, 15) is 0 Å². The predicted octanol–water partition coefficient (Wildman–Crippen LogP) is 1.94. The Kier molecular flexibility index (Phi) is 2.89. The highest BCUT2D eigenvalue weighted by Gasteiger charge is 2.33. The minimum Gasteiger partial charge on any atom is -0.381 e. The summed E-state index contributed by atoms with van der Waals surface area (Å²) in [5.41, 5.74) is 0. The molecule has 0 aliphatic heterocycles. The molecular weight excluding hydrogens is 162 g/mol. The van der Waals surface area contributed by atoms with Gasteiger partial charge in [-0.1, -0.05) is 13.3 Å². The smallest absolute Gasteiger partial charge is 0.0601 e. The summed E-state index contributed by atoms with van der Waals surface area (Å²) in [6, 6.07) is 1.54. The summed E-state index contributed by atoms with van der Waals surface area (Å²) in [5, 5.41) is 3.75. The average Bonchev–Trinajstić information content (AvgIpc) is 2.43. The summed E-state index contributed by atoms with van der Waals surface area (Å²) in [6.45, 7) is 2.37. The molecule has 0 spiro atoms. The molecule has 0 amide bonds. The topological polar surface area (TPSA) is 21.3 Å². The Balaban J connectivity index is 1.68. The Morgan fingerprint density at radius 3 is 2.54 bits per heavy atom. The van der Waals surface area contributed by atoms with Crippen molar-refractivity contribution in [1.29, 1.82) is 0 Å². The molecule has 2 saturated carbocycles. The highest BCUT2D eigenvalue weighted by Crippen LogP contribution is 2.29. The van der Waals surface area contributed by atoms with Crippen LogP contribution in [0.25, 0.3) is 0 Å². The van der Waals surface area contributed by atoms with Crippen LogP contribution in [0.5, 0.6) is 0 Å². The van der Waals surface area contributed by atoms with Crippen LogP contribution >= 0.6 is 0 Å². The van der Waals surface area contributed by atoms with Crippen LogP contribution in [0.3, 0.4) is 0 Å². The molecule has 0 heterocycles. The third-order valence-corrected chi connectivity index (χ3v) is 3.74. The van der Waals surface area contributed by atoms with Crippen molar-refractivity contribution in [2.24, 2.45) is 5.92 Å². The Bertz CT molecular complexity index is 165. The van der Waals surface area contributed by atoms with E-state index >= 15 is 0 Å². The lowest BCUT2D eigenvalue weighted by molar-refractivity contribution is 0.0131. The van der Waals surface area contributed by atoms with Crippen LogP contribution in [0.4, 0.5) is 0 Å². The van der Waals surface area contributed by atoms with Gasteiger partial charge in [0.1, 0.15) is 0 Å². The van der Waals surface area contributed by atoms with E-state index in [1.165, 1.54) is 32.1 Å². The molecule has 2 unspecified atom stereocenters. The summed E-state index contributed by atoms with van der Waals surface area (Å²) in [5.74, 6) is 0.890. The van der Waals surface area contributed by atoms with Gasteiger partial charge in [0.2, 0.25) is 0 Å². The zero-order valence-corrected chi connectivity index (χ0v) is 8.75. The molecule has 0 aromatic carbocycles. The molecule has 2 fully saturated rings. The molecule has 0 bridgehead atoms. The normalized spacial score (nSPS) is 44.8. The first-order valence-corrected chi connectivity index (χ1v) is 5.58. The summed E-state index contributed by atoms with van der Waals surface area (Å²) >= 11 is 0. The second-order valence-electron chi connectivity index (χ2n) is 4.71. The number of rotatable bonds is 3. The van der Waals surface area contributed by atoms with Gasteiger partial charge >= 0.3 is 0 Å². The molecule has 2 atom stereocenters. The van der Waals surface area contributed by atoms with Crippen LogP contribution in [-0.2, 0) is 4.74 Å². The fraction of sp³-hybridized carbons (Fsp3) is 1.00. The van der Waals surface area contributed by atoms with Crippen molar-refractivity contribution in [3.8, 4) is 0 Å². The monoisotopic (exact) mass is 183 g/mol. The van der Waals surface area contributed by atoms with Crippen LogP contribution in [0.2, 0.25) is 0 Å². The van der Waals surface area contributed by atoms with Crippen molar-refractivity contribution in [1.82, 2.24) is 5.32 Å². The van der Waals surface area contributed by atoms with Gasteiger partial charge < -0.3 is 10.1 Å². The molecule has 2 nitrogen and oxygen atoms in total. The highest BCUT2D eigenvalue weighted by atomic mass is 16.5. The van der Waals surface area contributed by atoms with Crippen molar-refractivity contribution in [2.45, 2.75) is 57.2 Å². The van der Waals surface area contributed by atoms with Crippen molar-refractivity contribution >= 4 is 0 Å². The first kappa shape index (κ1) is 9.47. The van der Waals surface area contributed by atoms with Gasteiger partial charge in [0.25, 0.3) is 0 Å².